The van der Waals surface area contributed by atoms with Crippen molar-refractivity contribution in [3.05, 3.63) is 17.5 Å². The second-order valence-electron chi connectivity index (χ2n) is 9.38. The van der Waals surface area contributed by atoms with Gasteiger partial charge in [-0.15, -0.1) is 0 Å². The van der Waals surface area contributed by atoms with E-state index in [9.17, 15) is 13.2 Å². The van der Waals surface area contributed by atoms with Gasteiger partial charge in [0.1, 0.15) is 5.76 Å². The van der Waals surface area contributed by atoms with Crippen LogP contribution < -0.4 is 5.32 Å². The molecule has 2 saturated heterocycles. The van der Waals surface area contributed by atoms with Gasteiger partial charge in [0.25, 0.3) is 5.91 Å². The van der Waals surface area contributed by atoms with Crippen molar-refractivity contribution < 1.29 is 22.8 Å². The third-order valence-corrected chi connectivity index (χ3v) is 8.90. The van der Waals surface area contributed by atoms with Crippen LogP contribution in [0.15, 0.2) is 10.6 Å². The second-order valence-corrected chi connectivity index (χ2v) is 11.4. The molecule has 174 valence electrons. The van der Waals surface area contributed by atoms with Gasteiger partial charge in [-0.05, 0) is 57.0 Å². The number of amides is 1. The quantitative estimate of drug-likeness (QED) is 0.603. The average Bonchev–Trinajstić information content (AvgIpc) is 3.47. The van der Waals surface area contributed by atoms with E-state index in [0.29, 0.717) is 37.7 Å². The predicted octanol–water partition coefficient (Wildman–Crippen LogP) is 1.03. The van der Waals surface area contributed by atoms with Crippen LogP contribution in [0.5, 0.6) is 0 Å². The van der Waals surface area contributed by atoms with E-state index >= 15 is 0 Å². The number of nitrogens with zero attached hydrogens (tertiary/aromatic N) is 3. The highest BCUT2D eigenvalue weighted by Gasteiger charge is 2.36. The zero-order valence-electron chi connectivity index (χ0n) is 18.2. The number of piperidine rings is 2. The van der Waals surface area contributed by atoms with Gasteiger partial charge >= 0.3 is 0 Å². The number of sulfonamides is 1. The second kappa shape index (κ2) is 9.56. The Balaban J connectivity index is 1.26. The van der Waals surface area contributed by atoms with E-state index in [1.807, 2.05) is 6.92 Å². The lowest BCUT2D eigenvalue weighted by Gasteiger charge is -2.38. The smallest absolute Gasteiger partial charge is 0.273 e. The highest BCUT2D eigenvalue weighted by atomic mass is 32.2. The van der Waals surface area contributed by atoms with Crippen LogP contribution in [0, 0.1) is 11.8 Å². The van der Waals surface area contributed by atoms with Crippen molar-refractivity contribution in [2.24, 2.45) is 11.8 Å². The molecule has 10 heteroatoms. The Hall–Kier alpha value is -1.49. The maximum absolute atomic E-state index is 13.0. The zero-order chi connectivity index (χ0) is 22.0. The van der Waals surface area contributed by atoms with Gasteiger partial charge in [0.2, 0.25) is 10.0 Å². The summed E-state index contributed by atoms with van der Waals surface area (Å²) in [5.74, 6) is 1.31. The molecule has 1 amide bonds. The van der Waals surface area contributed by atoms with Crippen molar-refractivity contribution in [3.8, 4) is 0 Å². The number of aliphatic hydroxyl groups is 1. The lowest BCUT2D eigenvalue weighted by molar-refractivity contribution is 0.0891. The molecular weight excluding hydrogens is 420 g/mol. The highest BCUT2D eigenvalue weighted by molar-refractivity contribution is 7.89. The van der Waals surface area contributed by atoms with Gasteiger partial charge in [0.05, 0.1) is 12.4 Å². The fourth-order valence-corrected chi connectivity index (χ4v) is 6.68. The van der Waals surface area contributed by atoms with Crippen molar-refractivity contribution in [2.45, 2.75) is 51.0 Å². The SMILES string of the molecule is C[C@H]1CN(S(=O)(=O)CC2CCN(CCO)CC2)CC[C@H]1NC(=O)c1cc(C2CC2)on1. The topological polar surface area (TPSA) is 116 Å². The van der Waals surface area contributed by atoms with Crippen LogP contribution >= 0.6 is 0 Å². The molecule has 9 nitrogen and oxygen atoms in total. The molecule has 2 aliphatic heterocycles. The van der Waals surface area contributed by atoms with E-state index in [1.54, 1.807) is 10.4 Å². The van der Waals surface area contributed by atoms with Gasteiger partial charge in [0.15, 0.2) is 5.69 Å². The van der Waals surface area contributed by atoms with E-state index in [2.05, 4.69) is 15.4 Å². The molecule has 0 spiro atoms. The molecule has 2 N–H and O–H groups in total. The molecule has 31 heavy (non-hydrogen) atoms. The largest absolute Gasteiger partial charge is 0.395 e. The molecule has 1 saturated carbocycles. The van der Waals surface area contributed by atoms with Crippen molar-refractivity contribution in [1.82, 2.24) is 19.7 Å². The minimum atomic E-state index is -3.32. The lowest BCUT2D eigenvalue weighted by atomic mass is 9.95. The number of nitrogens with one attached hydrogen (secondary N) is 1. The normalized spacial score (nSPS) is 26.8. The third kappa shape index (κ3) is 5.66. The number of aliphatic hydroxyl groups excluding tert-OH is 1. The van der Waals surface area contributed by atoms with Crippen LogP contribution in [-0.2, 0) is 10.0 Å². The summed E-state index contributed by atoms with van der Waals surface area (Å²) in [6.45, 7) is 5.32. The molecular formula is C21H34N4O5S. The summed E-state index contributed by atoms with van der Waals surface area (Å²) < 4.78 is 32.8. The first-order valence-electron chi connectivity index (χ1n) is 11.4. The first kappa shape index (κ1) is 22.7. The van der Waals surface area contributed by atoms with Crippen molar-refractivity contribution in [2.75, 3.05) is 45.1 Å². The number of β-amino-alcohol motifs (C(OH)–C–C–N with tert-alkyl or cyclic N) is 1. The van der Waals surface area contributed by atoms with E-state index in [4.69, 9.17) is 9.63 Å². The van der Waals surface area contributed by atoms with E-state index in [0.717, 1.165) is 44.5 Å². The standard InChI is InChI=1S/C21H34N4O5S/c1-15-13-25(31(28,29)14-16-4-7-24(8-5-16)10-11-26)9-6-18(15)22-21(27)19-12-20(30-23-19)17-2-3-17/h12,15-18,26H,2-11,13-14H2,1H3,(H,22,27)/t15-,18+/m0/s1. The summed E-state index contributed by atoms with van der Waals surface area (Å²) in [6.07, 6.45) is 4.46. The molecule has 3 heterocycles. The molecule has 2 atom stereocenters. The van der Waals surface area contributed by atoms with Crippen LogP contribution in [0.3, 0.4) is 0 Å². The van der Waals surface area contributed by atoms with Gasteiger partial charge in [-0.25, -0.2) is 12.7 Å². The van der Waals surface area contributed by atoms with Crippen LogP contribution in [0.25, 0.3) is 0 Å². The van der Waals surface area contributed by atoms with Crippen molar-refractivity contribution in [1.29, 1.82) is 0 Å². The Morgan fingerprint density at radius 1 is 1.23 bits per heavy atom. The Bertz CT molecular complexity index is 861. The number of rotatable bonds is 8. The maximum atomic E-state index is 13.0. The summed E-state index contributed by atoms with van der Waals surface area (Å²) in [7, 11) is -3.32. The number of likely N-dealkylation sites (tertiary alicyclic amines) is 1. The Morgan fingerprint density at radius 2 is 1.97 bits per heavy atom. The molecule has 3 fully saturated rings. The summed E-state index contributed by atoms with van der Waals surface area (Å²) >= 11 is 0. The van der Waals surface area contributed by atoms with Gasteiger partial charge in [-0.2, -0.15) is 0 Å². The summed E-state index contributed by atoms with van der Waals surface area (Å²) in [5.41, 5.74) is 0.302. The Morgan fingerprint density at radius 3 is 2.61 bits per heavy atom. The molecule has 0 radical (unpaired) electrons. The minimum absolute atomic E-state index is 0.0219. The summed E-state index contributed by atoms with van der Waals surface area (Å²) in [6, 6.07) is 1.64. The molecule has 4 rings (SSSR count). The van der Waals surface area contributed by atoms with Crippen LogP contribution in [0.1, 0.15) is 61.2 Å². The van der Waals surface area contributed by atoms with Gasteiger partial charge in [-0.1, -0.05) is 12.1 Å². The lowest BCUT2D eigenvalue weighted by Crippen LogP contribution is -2.52. The van der Waals surface area contributed by atoms with E-state index in [1.165, 1.54) is 0 Å². The molecule has 0 unspecified atom stereocenters. The Kier molecular flexibility index (Phi) is 7.00. The van der Waals surface area contributed by atoms with Gasteiger partial charge < -0.3 is 19.8 Å². The zero-order valence-corrected chi connectivity index (χ0v) is 19.0. The van der Waals surface area contributed by atoms with Gasteiger partial charge in [0, 0.05) is 37.7 Å². The van der Waals surface area contributed by atoms with E-state index in [-0.39, 0.29) is 36.1 Å². The number of hydrogen-bond donors (Lipinski definition) is 2. The van der Waals surface area contributed by atoms with Crippen LogP contribution in [0.2, 0.25) is 0 Å². The molecule has 1 aromatic heterocycles. The summed E-state index contributed by atoms with van der Waals surface area (Å²) in [5, 5.41) is 16.0. The third-order valence-electron chi connectivity index (χ3n) is 6.89. The number of hydrogen-bond acceptors (Lipinski definition) is 7. The van der Waals surface area contributed by atoms with Crippen LogP contribution in [-0.4, -0.2) is 84.9 Å². The molecule has 0 bridgehead atoms. The van der Waals surface area contributed by atoms with Gasteiger partial charge in [-0.3, -0.25) is 4.79 Å². The fourth-order valence-electron chi connectivity index (χ4n) is 4.69. The monoisotopic (exact) mass is 454 g/mol. The minimum Gasteiger partial charge on any atom is -0.395 e. The highest BCUT2D eigenvalue weighted by Crippen LogP contribution is 2.40. The first-order chi connectivity index (χ1) is 14.9. The molecule has 3 aliphatic rings. The first-order valence-corrected chi connectivity index (χ1v) is 13.0. The van der Waals surface area contributed by atoms with Crippen molar-refractivity contribution in [3.63, 3.8) is 0 Å². The number of aromatic nitrogens is 1. The maximum Gasteiger partial charge on any atom is 0.273 e. The Labute approximate surface area is 184 Å². The van der Waals surface area contributed by atoms with E-state index < -0.39 is 10.0 Å². The number of carbonyl (C=O) groups excluding carboxylic acids is 1. The number of carbonyl (C=O) groups is 1. The average molecular weight is 455 g/mol. The summed E-state index contributed by atoms with van der Waals surface area (Å²) in [4.78, 5) is 14.7. The van der Waals surface area contributed by atoms with Crippen LogP contribution in [0.4, 0.5) is 0 Å². The fraction of sp³-hybridized carbons (Fsp3) is 0.810. The molecule has 1 aliphatic carbocycles. The van der Waals surface area contributed by atoms with Crippen molar-refractivity contribution >= 4 is 15.9 Å². The predicted molar refractivity (Wildman–Crippen MR) is 115 cm³/mol. The molecule has 0 aromatic carbocycles. The molecule has 1 aromatic rings.